The van der Waals surface area contributed by atoms with Crippen molar-refractivity contribution in [2.75, 3.05) is 0 Å². The maximum absolute atomic E-state index is 9.81. The van der Waals surface area contributed by atoms with E-state index in [0.717, 1.165) is 5.57 Å². The van der Waals surface area contributed by atoms with Crippen LogP contribution in [0, 0.1) is 0 Å². The Bertz CT molecular complexity index is 282. The van der Waals surface area contributed by atoms with Gasteiger partial charge >= 0.3 is 0 Å². The molecule has 0 amide bonds. The van der Waals surface area contributed by atoms with Crippen LogP contribution in [0.5, 0.6) is 0 Å². The number of hydrogen-bond acceptors (Lipinski definition) is 6. The lowest BCUT2D eigenvalue weighted by Gasteiger charge is -2.43. The second kappa shape index (κ2) is 6.10. The summed E-state index contributed by atoms with van der Waals surface area (Å²) in [7, 11) is 0. The van der Waals surface area contributed by atoms with Crippen LogP contribution in [0.1, 0.15) is 20.3 Å². The first-order valence-corrected chi connectivity index (χ1v) is 6.06. The highest BCUT2D eigenvalue weighted by molar-refractivity contribution is 5.03. The first-order valence-electron chi connectivity index (χ1n) is 6.06. The van der Waals surface area contributed by atoms with E-state index in [9.17, 15) is 25.5 Å². The number of hydrogen-bond donors (Lipinski definition) is 6. The van der Waals surface area contributed by atoms with Crippen LogP contribution in [-0.2, 0) is 0 Å². The molecule has 0 aliphatic heterocycles. The summed E-state index contributed by atoms with van der Waals surface area (Å²) >= 11 is 0. The van der Waals surface area contributed by atoms with E-state index in [2.05, 4.69) is 11.9 Å². The van der Waals surface area contributed by atoms with Crippen LogP contribution in [0.3, 0.4) is 0 Å². The van der Waals surface area contributed by atoms with Crippen LogP contribution in [0.15, 0.2) is 12.2 Å². The molecule has 0 aromatic heterocycles. The minimum absolute atomic E-state index is 0.0774. The Hall–Kier alpha value is -0.500. The molecule has 1 fully saturated rings. The molecule has 0 spiro atoms. The summed E-state index contributed by atoms with van der Waals surface area (Å²) < 4.78 is 0. The summed E-state index contributed by atoms with van der Waals surface area (Å²) in [6.07, 6.45) is -6.57. The van der Waals surface area contributed by atoms with Gasteiger partial charge in [0.2, 0.25) is 0 Å². The van der Waals surface area contributed by atoms with E-state index < -0.39 is 36.6 Å². The minimum Gasteiger partial charge on any atom is -0.389 e. The maximum atomic E-state index is 9.81. The van der Waals surface area contributed by atoms with E-state index in [1.807, 2.05) is 13.8 Å². The summed E-state index contributed by atoms with van der Waals surface area (Å²) in [5, 5.41) is 51.1. The summed E-state index contributed by atoms with van der Waals surface area (Å²) in [4.78, 5) is 0. The number of nitrogens with one attached hydrogen (secondary N) is 1. The zero-order valence-electron chi connectivity index (χ0n) is 10.7. The molecule has 0 aromatic rings. The molecule has 5 unspecified atom stereocenters. The van der Waals surface area contributed by atoms with Gasteiger partial charge in [0.1, 0.15) is 30.5 Å². The Morgan fingerprint density at radius 1 is 1.00 bits per heavy atom. The Labute approximate surface area is 107 Å². The van der Waals surface area contributed by atoms with Gasteiger partial charge in [-0.2, -0.15) is 0 Å². The van der Waals surface area contributed by atoms with Gasteiger partial charge in [0.15, 0.2) is 0 Å². The molecular formula is C12H23NO5. The molecule has 1 saturated carbocycles. The quantitative estimate of drug-likeness (QED) is 0.330. The molecule has 1 aliphatic carbocycles. The highest BCUT2D eigenvalue weighted by Crippen LogP contribution is 2.22. The minimum atomic E-state index is -1.55. The zero-order chi connectivity index (χ0) is 14.0. The van der Waals surface area contributed by atoms with E-state index in [4.69, 9.17) is 0 Å². The normalized spacial score (nSPS) is 42.6. The topological polar surface area (TPSA) is 113 Å². The largest absolute Gasteiger partial charge is 0.389 e. The Morgan fingerprint density at radius 3 is 1.78 bits per heavy atom. The fourth-order valence-electron chi connectivity index (χ4n) is 2.34. The van der Waals surface area contributed by atoms with Crippen molar-refractivity contribution in [1.82, 2.24) is 5.32 Å². The summed E-state index contributed by atoms with van der Waals surface area (Å²) in [6.45, 7) is 7.47. The lowest BCUT2D eigenvalue weighted by Crippen LogP contribution is -2.68. The van der Waals surface area contributed by atoms with Crippen molar-refractivity contribution in [3.63, 3.8) is 0 Å². The standard InChI is InChI=1S/C12H23NO5/c1-5(2)4-6(3)13-7-8(14)10(16)12(18)11(17)9(7)15/h6-18H,1,4H2,2-3H3. The predicted molar refractivity (Wildman–Crippen MR) is 65.9 cm³/mol. The zero-order valence-corrected chi connectivity index (χ0v) is 10.7. The summed E-state index contributed by atoms with van der Waals surface area (Å²) in [5.74, 6) is 0. The van der Waals surface area contributed by atoms with Gasteiger partial charge in [-0.25, -0.2) is 0 Å². The molecule has 106 valence electrons. The van der Waals surface area contributed by atoms with Crippen molar-refractivity contribution in [3.05, 3.63) is 12.2 Å². The SMILES string of the molecule is C=C(C)CC(C)NC1C(O)C(O)C(O)C(O)C1O. The van der Waals surface area contributed by atoms with Crippen molar-refractivity contribution in [3.8, 4) is 0 Å². The van der Waals surface area contributed by atoms with E-state index >= 15 is 0 Å². The molecule has 18 heavy (non-hydrogen) atoms. The lowest BCUT2D eigenvalue weighted by atomic mass is 9.82. The summed E-state index contributed by atoms with van der Waals surface area (Å²) in [6, 6.07) is -0.973. The van der Waals surface area contributed by atoms with Gasteiger partial charge in [0.05, 0.1) is 6.04 Å². The van der Waals surface area contributed by atoms with Gasteiger partial charge in [-0.1, -0.05) is 5.57 Å². The Kier molecular flexibility index (Phi) is 5.27. The Morgan fingerprint density at radius 2 is 1.39 bits per heavy atom. The third kappa shape index (κ3) is 3.28. The Balaban J connectivity index is 2.71. The van der Waals surface area contributed by atoms with Gasteiger partial charge in [-0.3, -0.25) is 0 Å². The fourth-order valence-corrected chi connectivity index (χ4v) is 2.34. The molecule has 0 heterocycles. The van der Waals surface area contributed by atoms with Crippen LogP contribution in [0.4, 0.5) is 0 Å². The van der Waals surface area contributed by atoms with Gasteiger partial charge < -0.3 is 30.8 Å². The van der Waals surface area contributed by atoms with Crippen LogP contribution >= 0.6 is 0 Å². The molecule has 0 saturated heterocycles. The summed E-state index contributed by atoms with van der Waals surface area (Å²) in [5.41, 5.74) is 0.941. The third-order valence-corrected chi connectivity index (χ3v) is 3.27. The predicted octanol–water partition coefficient (Wildman–Crippen LogP) is -1.88. The highest BCUT2D eigenvalue weighted by Gasteiger charge is 2.48. The lowest BCUT2D eigenvalue weighted by molar-refractivity contribution is -0.191. The molecule has 5 atom stereocenters. The average molecular weight is 261 g/mol. The van der Waals surface area contributed by atoms with Gasteiger partial charge in [-0.15, -0.1) is 6.58 Å². The number of rotatable bonds is 4. The van der Waals surface area contributed by atoms with E-state index in [0.29, 0.717) is 6.42 Å². The van der Waals surface area contributed by atoms with Crippen molar-refractivity contribution < 1.29 is 25.5 Å². The molecule has 0 aromatic carbocycles. The smallest absolute Gasteiger partial charge is 0.111 e. The van der Waals surface area contributed by atoms with Crippen LogP contribution in [-0.4, -0.2) is 68.1 Å². The molecule has 6 heteroatoms. The van der Waals surface area contributed by atoms with Crippen LogP contribution in [0.25, 0.3) is 0 Å². The van der Waals surface area contributed by atoms with Crippen molar-refractivity contribution in [2.24, 2.45) is 0 Å². The molecule has 0 radical (unpaired) electrons. The molecule has 1 rings (SSSR count). The van der Waals surface area contributed by atoms with Crippen molar-refractivity contribution >= 4 is 0 Å². The second-order valence-electron chi connectivity index (χ2n) is 5.21. The molecule has 6 N–H and O–H groups in total. The van der Waals surface area contributed by atoms with Crippen molar-refractivity contribution in [2.45, 2.75) is 62.9 Å². The number of aliphatic hydroxyl groups excluding tert-OH is 5. The van der Waals surface area contributed by atoms with E-state index in [1.54, 1.807) is 0 Å². The molecule has 0 bridgehead atoms. The first kappa shape index (κ1) is 15.6. The van der Waals surface area contributed by atoms with Gasteiger partial charge in [-0.05, 0) is 20.3 Å². The van der Waals surface area contributed by atoms with Crippen LogP contribution in [0.2, 0.25) is 0 Å². The number of aliphatic hydroxyl groups is 5. The van der Waals surface area contributed by atoms with E-state index in [-0.39, 0.29) is 6.04 Å². The fraction of sp³-hybridized carbons (Fsp3) is 0.833. The van der Waals surface area contributed by atoms with Gasteiger partial charge in [0.25, 0.3) is 0 Å². The molecule has 1 aliphatic rings. The average Bonchev–Trinajstić information content (AvgIpc) is 2.29. The third-order valence-electron chi connectivity index (χ3n) is 3.27. The van der Waals surface area contributed by atoms with Crippen LogP contribution < -0.4 is 5.32 Å². The second-order valence-corrected chi connectivity index (χ2v) is 5.21. The molecule has 6 nitrogen and oxygen atoms in total. The monoisotopic (exact) mass is 261 g/mol. The van der Waals surface area contributed by atoms with E-state index in [1.165, 1.54) is 0 Å². The van der Waals surface area contributed by atoms with Crippen molar-refractivity contribution in [1.29, 1.82) is 0 Å². The van der Waals surface area contributed by atoms with Gasteiger partial charge in [0, 0.05) is 6.04 Å². The maximum Gasteiger partial charge on any atom is 0.111 e. The highest BCUT2D eigenvalue weighted by atomic mass is 16.4. The first-order chi connectivity index (χ1) is 8.25. The molecular weight excluding hydrogens is 238 g/mol.